The Morgan fingerprint density at radius 1 is 1.22 bits per heavy atom. The van der Waals surface area contributed by atoms with Crippen LogP contribution in [0.1, 0.15) is 55.1 Å². The fraction of sp³-hybridized carbons (Fsp3) is 0.579. The van der Waals surface area contributed by atoms with E-state index in [0.29, 0.717) is 24.6 Å². The van der Waals surface area contributed by atoms with E-state index in [1.54, 1.807) is 6.92 Å². The van der Waals surface area contributed by atoms with Crippen LogP contribution in [0.2, 0.25) is 0 Å². The highest BCUT2D eigenvalue weighted by Crippen LogP contribution is 2.15. The molecular weight excluding hydrogens is 290 g/mol. The Morgan fingerprint density at radius 3 is 2.48 bits per heavy atom. The maximum absolute atomic E-state index is 12.8. The molecule has 0 aliphatic heterocycles. The maximum atomic E-state index is 12.8. The average Bonchev–Trinajstić information content (AvgIpc) is 2.45. The van der Waals surface area contributed by atoms with Crippen LogP contribution in [0, 0.1) is 19.8 Å². The van der Waals surface area contributed by atoms with Crippen molar-refractivity contribution in [3.05, 3.63) is 34.9 Å². The van der Waals surface area contributed by atoms with Crippen LogP contribution in [0.3, 0.4) is 0 Å². The molecule has 0 saturated carbocycles. The molecule has 1 rings (SSSR count). The lowest BCUT2D eigenvalue weighted by Crippen LogP contribution is -2.40. The minimum Gasteiger partial charge on any atom is -0.466 e. The van der Waals surface area contributed by atoms with E-state index < -0.39 is 6.04 Å². The first-order chi connectivity index (χ1) is 10.8. The molecule has 0 radical (unpaired) electrons. The van der Waals surface area contributed by atoms with Crippen molar-refractivity contribution in [2.75, 3.05) is 13.2 Å². The van der Waals surface area contributed by atoms with E-state index in [9.17, 15) is 9.59 Å². The number of esters is 1. The summed E-state index contributed by atoms with van der Waals surface area (Å²) in [5.74, 6) is 0.161. The van der Waals surface area contributed by atoms with Crippen LogP contribution < -0.4 is 5.32 Å². The molecule has 0 fully saturated rings. The van der Waals surface area contributed by atoms with Crippen molar-refractivity contribution in [3.8, 4) is 0 Å². The summed E-state index contributed by atoms with van der Waals surface area (Å²) in [4.78, 5) is 24.6. The summed E-state index contributed by atoms with van der Waals surface area (Å²) in [6.45, 7) is 11.0. The molecule has 0 amide bonds. The van der Waals surface area contributed by atoms with Gasteiger partial charge in [-0.25, -0.2) is 0 Å². The number of ether oxygens (including phenoxy) is 1. The smallest absolute Gasteiger partial charge is 0.307 e. The van der Waals surface area contributed by atoms with Crippen molar-refractivity contribution in [3.63, 3.8) is 0 Å². The summed E-state index contributed by atoms with van der Waals surface area (Å²) < 4.78 is 5.00. The van der Waals surface area contributed by atoms with E-state index in [-0.39, 0.29) is 18.2 Å². The summed E-state index contributed by atoms with van der Waals surface area (Å²) >= 11 is 0. The van der Waals surface area contributed by atoms with Gasteiger partial charge in [-0.2, -0.15) is 0 Å². The Kier molecular flexibility index (Phi) is 7.96. The third-order valence-corrected chi connectivity index (χ3v) is 3.75. The van der Waals surface area contributed by atoms with Crippen molar-refractivity contribution in [1.29, 1.82) is 0 Å². The van der Waals surface area contributed by atoms with Crippen LogP contribution in [0.15, 0.2) is 18.2 Å². The Bertz CT molecular complexity index is 537. The number of aryl methyl sites for hydroxylation is 2. The normalized spacial score (nSPS) is 12.3. The molecule has 4 nitrogen and oxygen atoms in total. The van der Waals surface area contributed by atoms with Crippen LogP contribution >= 0.6 is 0 Å². The highest BCUT2D eigenvalue weighted by Gasteiger charge is 2.24. The summed E-state index contributed by atoms with van der Waals surface area (Å²) in [7, 11) is 0. The van der Waals surface area contributed by atoms with Crippen LogP contribution in [-0.2, 0) is 9.53 Å². The maximum Gasteiger partial charge on any atom is 0.307 e. The van der Waals surface area contributed by atoms with Gasteiger partial charge in [0.25, 0.3) is 0 Å². The van der Waals surface area contributed by atoms with Crippen molar-refractivity contribution in [2.45, 2.75) is 53.5 Å². The number of carbonyl (C=O) groups excluding carboxylic acids is 2. The summed E-state index contributed by atoms with van der Waals surface area (Å²) in [6, 6.07) is 5.22. The van der Waals surface area contributed by atoms with Gasteiger partial charge in [0.05, 0.1) is 19.1 Å². The van der Waals surface area contributed by atoms with Gasteiger partial charge in [-0.15, -0.1) is 0 Å². The topological polar surface area (TPSA) is 55.4 Å². The summed E-state index contributed by atoms with van der Waals surface area (Å²) in [6.07, 6.45) is 1.03. The van der Waals surface area contributed by atoms with E-state index >= 15 is 0 Å². The SMILES string of the molecule is CCOC(=O)CC(NCCC(C)C)C(=O)c1ccc(C)cc1C. The van der Waals surface area contributed by atoms with E-state index in [4.69, 9.17) is 4.74 Å². The molecule has 0 aliphatic rings. The Morgan fingerprint density at radius 2 is 1.91 bits per heavy atom. The van der Waals surface area contributed by atoms with Gasteiger partial charge in [0.2, 0.25) is 0 Å². The van der Waals surface area contributed by atoms with E-state index in [2.05, 4.69) is 19.2 Å². The number of benzene rings is 1. The summed E-state index contributed by atoms with van der Waals surface area (Å²) in [5, 5.41) is 3.23. The molecule has 0 saturated heterocycles. The molecule has 0 aliphatic carbocycles. The van der Waals surface area contributed by atoms with Crippen LogP contribution in [0.25, 0.3) is 0 Å². The number of hydrogen-bond acceptors (Lipinski definition) is 4. The first kappa shape index (κ1) is 19.4. The van der Waals surface area contributed by atoms with E-state index in [1.165, 1.54) is 0 Å². The van der Waals surface area contributed by atoms with Gasteiger partial charge < -0.3 is 10.1 Å². The van der Waals surface area contributed by atoms with Gasteiger partial charge in [0, 0.05) is 5.56 Å². The van der Waals surface area contributed by atoms with Crippen LogP contribution in [0.4, 0.5) is 0 Å². The second-order valence-corrected chi connectivity index (χ2v) is 6.38. The van der Waals surface area contributed by atoms with Gasteiger partial charge in [-0.3, -0.25) is 9.59 Å². The predicted octanol–water partition coefficient (Wildman–Crippen LogP) is 3.44. The first-order valence-corrected chi connectivity index (χ1v) is 8.35. The number of nitrogens with one attached hydrogen (secondary N) is 1. The summed E-state index contributed by atoms with van der Waals surface area (Å²) in [5.41, 5.74) is 2.73. The lowest BCUT2D eigenvalue weighted by atomic mass is 9.96. The lowest BCUT2D eigenvalue weighted by Gasteiger charge is -2.19. The zero-order valence-electron chi connectivity index (χ0n) is 14.9. The monoisotopic (exact) mass is 319 g/mol. The van der Waals surface area contributed by atoms with Gasteiger partial charge in [-0.05, 0) is 45.2 Å². The van der Waals surface area contributed by atoms with E-state index in [0.717, 1.165) is 17.5 Å². The fourth-order valence-corrected chi connectivity index (χ4v) is 2.47. The number of hydrogen-bond donors (Lipinski definition) is 1. The molecule has 0 spiro atoms. The number of carbonyl (C=O) groups is 2. The largest absolute Gasteiger partial charge is 0.466 e. The van der Waals surface area contributed by atoms with Crippen LogP contribution in [-0.4, -0.2) is 30.9 Å². The molecule has 0 bridgehead atoms. The number of Topliss-reactive ketones (excluding diaryl/α,β-unsaturated/α-hetero) is 1. The molecule has 1 unspecified atom stereocenters. The minimum atomic E-state index is -0.533. The Hall–Kier alpha value is -1.68. The van der Waals surface area contributed by atoms with Crippen molar-refractivity contribution in [1.82, 2.24) is 5.32 Å². The third-order valence-electron chi connectivity index (χ3n) is 3.75. The molecule has 1 aromatic rings. The first-order valence-electron chi connectivity index (χ1n) is 8.35. The van der Waals surface area contributed by atoms with Gasteiger partial charge >= 0.3 is 5.97 Å². The molecule has 0 aromatic heterocycles. The second-order valence-electron chi connectivity index (χ2n) is 6.38. The molecule has 1 aromatic carbocycles. The van der Waals surface area contributed by atoms with Crippen molar-refractivity contribution >= 4 is 11.8 Å². The zero-order chi connectivity index (χ0) is 17.4. The fourth-order valence-electron chi connectivity index (χ4n) is 2.47. The van der Waals surface area contributed by atoms with Crippen molar-refractivity contribution in [2.24, 2.45) is 5.92 Å². The van der Waals surface area contributed by atoms with Crippen LogP contribution in [0.5, 0.6) is 0 Å². The standard InChI is InChI=1S/C19H29NO3/c1-6-23-18(21)12-17(20-10-9-13(2)3)19(22)16-8-7-14(4)11-15(16)5/h7-8,11,13,17,20H,6,9-10,12H2,1-5H3. The van der Waals surface area contributed by atoms with Gasteiger partial charge in [-0.1, -0.05) is 37.6 Å². The molecule has 1 N–H and O–H groups in total. The number of ketones is 1. The molecule has 4 heteroatoms. The van der Waals surface area contributed by atoms with Crippen molar-refractivity contribution < 1.29 is 14.3 Å². The molecular formula is C19H29NO3. The lowest BCUT2D eigenvalue weighted by molar-refractivity contribution is -0.143. The molecule has 1 atom stereocenters. The minimum absolute atomic E-state index is 0.0423. The molecule has 128 valence electrons. The Balaban J connectivity index is 2.87. The zero-order valence-corrected chi connectivity index (χ0v) is 14.9. The average molecular weight is 319 g/mol. The van der Waals surface area contributed by atoms with E-state index in [1.807, 2.05) is 32.0 Å². The molecule has 23 heavy (non-hydrogen) atoms. The highest BCUT2D eigenvalue weighted by molar-refractivity contribution is 6.03. The number of rotatable bonds is 9. The highest BCUT2D eigenvalue weighted by atomic mass is 16.5. The van der Waals surface area contributed by atoms with Gasteiger partial charge in [0.15, 0.2) is 5.78 Å². The van der Waals surface area contributed by atoms with Gasteiger partial charge in [0.1, 0.15) is 0 Å². The Labute approximate surface area is 139 Å². The third kappa shape index (κ3) is 6.53. The predicted molar refractivity (Wildman–Crippen MR) is 92.7 cm³/mol. The second kappa shape index (κ2) is 9.46. The quantitative estimate of drug-likeness (QED) is 0.559. The molecule has 0 heterocycles.